The standard InChI is InChI=1S/C25H31NO4/c1-17(2)28-16-21-20-11-6-7-12-22(20)30-23(21)24(27)26-14-18-9-8-10-19(13-18)15-29-25(3,4)5/h6-13,17H,14-16H2,1-5H3,(H,26,27). The molecule has 3 rings (SSSR count). The van der Waals surface area contributed by atoms with Crippen LogP contribution in [0.25, 0.3) is 11.0 Å². The average Bonchev–Trinajstić information content (AvgIpc) is 3.07. The zero-order valence-corrected chi connectivity index (χ0v) is 18.5. The smallest absolute Gasteiger partial charge is 0.287 e. The molecule has 0 spiro atoms. The minimum atomic E-state index is -0.245. The van der Waals surface area contributed by atoms with E-state index in [2.05, 4.69) is 5.32 Å². The van der Waals surface area contributed by atoms with E-state index in [0.29, 0.717) is 31.1 Å². The molecule has 0 unspecified atom stereocenters. The zero-order valence-electron chi connectivity index (χ0n) is 18.5. The first-order valence-electron chi connectivity index (χ1n) is 10.3. The molecule has 1 amide bonds. The highest BCUT2D eigenvalue weighted by atomic mass is 16.5. The van der Waals surface area contributed by atoms with Gasteiger partial charge < -0.3 is 19.2 Å². The molecule has 0 aliphatic rings. The summed E-state index contributed by atoms with van der Waals surface area (Å²) < 4.78 is 17.5. The summed E-state index contributed by atoms with van der Waals surface area (Å²) in [6, 6.07) is 15.7. The van der Waals surface area contributed by atoms with Crippen LogP contribution in [0.4, 0.5) is 0 Å². The van der Waals surface area contributed by atoms with Crippen molar-refractivity contribution in [2.45, 2.75) is 66.1 Å². The monoisotopic (exact) mass is 409 g/mol. The van der Waals surface area contributed by atoms with Gasteiger partial charge in [-0.05, 0) is 51.8 Å². The van der Waals surface area contributed by atoms with Gasteiger partial charge >= 0.3 is 0 Å². The van der Waals surface area contributed by atoms with Crippen LogP contribution in [0, 0.1) is 0 Å². The lowest BCUT2D eigenvalue weighted by molar-refractivity contribution is -0.0149. The predicted octanol–water partition coefficient (Wildman–Crippen LogP) is 5.60. The molecule has 0 saturated carbocycles. The Bertz CT molecular complexity index is 998. The summed E-state index contributed by atoms with van der Waals surface area (Å²) in [6.45, 7) is 11.3. The zero-order chi connectivity index (χ0) is 21.7. The number of fused-ring (bicyclic) bond motifs is 1. The van der Waals surface area contributed by atoms with E-state index < -0.39 is 0 Å². The summed E-state index contributed by atoms with van der Waals surface area (Å²) >= 11 is 0. The van der Waals surface area contributed by atoms with Crippen LogP contribution in [0.2, 0.25) is 0 Å². The van der Waals surface area contributed by atoms with Gasteiger partial charge in [0.2, 0.25) is 0 Å². The summed E-state index contributed by atoms with van der Waals surface area (Å²) in [7, 11) is 0. The first-order chi connectivity index (χ1) is 14.2. The first kappa shape index (κ1) is 22.1. The quantitative estimate of drug-likeness (QED) is 0.526. The number of hydrogen-bond acceptors (Lipinski definition) is 4. The van der Waals surface area contributed by atoms with Gasteiger partial charge in [0.1, 0.15) is 5.58 Å². The summed E-state index contributed by atoms with van der Waals surface area (Å²) in [5, 5.41) is 3.88. The van der Waals surface area contributed by atoms with Crippen molar-refractivity contribution in [3.63, 3.8) is 0 Å². The van der Waals surface area contributed by atoms with Gasteiger partial charge in [0.15, 0.2) is 5.76 Å². The second-order valence-electron chi connectivity index (χ2n) is 8.67. The molecule has 2 aromatic carbocycles. The molecular weight excluding hydrogens is 378 g/mol. The molecule has 0 aliphatic heterocycles. The second-order valence-corrected chi connectivity index (χ2v) is 8.67. The van der Waals surface area contributed by atoms with E-state index >= 15 is 0 Å². The van der Waals surface area contributed by atoms with E-state index in [-0.39, 0.29) is 17.6 Å². The highest BCUT2D eigenvalue weighted by Gasteiger charge is 2.21. The lowest BCUT2D eigenvalue weighted by Gasteiger charge is -2.19. The lowest BCUT2D eigenvalue weighted by Crippen LogP contribution is -2.24. The third kappa shape index (κ3) is 5.94. The van der Waals surface area contributed by atoms with Crippen molar-refractivity contribution < 1.29 is 18.7 Å². The van der Waals surface area contributed by atoms with Crippen molar-refractivity contribution in [2.75, 3.05) is 0 Å². The third-order valence-electron chi connectivity index (χ3n) is 4.58. The average molecular weight is 410 g/mol. The Morgan fingerprint density at radius 2 is 1.77 bits per heavy atom. The van der Waals surface area contributed by atoms with Crippen LogP contribution in [0.15, 0.2) is 52.9 Å². The number of para-hydroxylation sites is 1. The maximum atomic E-state index is 12.9. The molecule has 1 aromatic heterocycles. The highest BCUT2D eigenvalue weighted by molar-refractivity contribution is 5.99. The van der Waals surface area contributed by atoms with E-state index in [1.807, 2.05) is 83.1 Å². The highest BCUT2D eigenvalue weighted by Crippen LogP contribution is 2.27. The van der Waals surface area contributed by atoms with Crippen molar-refractivity contribution in [1.82, 2.24) is 5.32 Å². The van der Waals surface area contributed by atoms with Gasteiger partial charge in [-0.15, -0.1) is 0 Å². The van der Waals surface area contributed by atoms with Crippen LogP contribution < -0.4 is 5.32 Å². The first-order valence-corrected chi connectivity index (χ1v) is 10.3. The molecule has 0 aliphatic carbocycles. The number of carbonyl (C=O) groups is 1. The fraction of sp³-hybridized carbons (Fsp3) is 0.400. The molecule has 0 saturated heterocycles. The molecule has 5 heteroatoms. The van der Waals surface area contributed by atoms with Gasteiger partial charge in [-0.3, -0.25) is 4.79 Å². The Balaban J connectivity index is 1.72. The minimum absolute atomic E-state index is 0.0626. The molecule has 0 bridgehead atoms. The Hall–Kier alpha value is -2.63. The fourth-order valence-electron chi connectivity index (χ4n) is 3.07. The van der Waals surface area contributed by atoms with Crippen LogP contribution >= 0.6 is 0 Å². The Morgan fingerprint density at radius 1 is 1.03 bits per heavy atom. The number of carbonyl (C=O) groups excluding carboxylic acids is 1. The van der Waals surface area contributed by atoms with Crippen molar-refractivity contribution in [2.24, 2.45) is 0 Å². The molecular formula is C25H31NO4. The van der Waals surface area contributed by atoms with Gasteiger partial charge in [0.25, 0.3) is 5.91 Å². The topological polar surface area (TPSA) is 60.7 Å². The van der Waals surface area contributed by atoms with Gasteiger partial charge in [-0.1, -0.05) is 42.5 Å². The number of benzene rings is 2. The largest absolute Gasteiger partial charge is 0.451 e. The summed E-state index contributed by atoms with van der Waals surface area (Å²) in [5.41, 5.74) is 3.36. The lowest BCUT2D eigenvalue weighted by atomic mass is 10.1. The molecule has 0 radical (unpaired) electrons. The summed E-state index contributed by atoms with van der Waals surface area (Å²) in [6.07, 6.45) is 0.0626. The van der Waals surface area contributed by atoms with Crippen LogP contribution in [-0.2, 0) is 29.2 Å². The molecule has 160 valence electrons. The van der Waals surface area contributed by atoms with Crippen molar-refractivity contribution in [1.29, 1.82) is 0 Å². The molecule has 1 N–H and O–H groups in total. The predicted molar refractivity (Wildman–Crippen MR) is 118 cm³/mol. The Morgan fingerprint density at radius 3 is 2.50 bits per heavy atom. The van der Waals surface area contributed by atoms with E-state index in [0.717, 1.165) is 22.1 Å². The molecule has 3 aromatic rings. The SMILES string of the molecule is CC(C)OCc1c(C(=O)NCc2cccc(COC(C)(C)C)c2)oc2ccccc12. The number of nitrogens with one attached hydrogen (secondary N) is 1. The van der Waals surface area contributed by atoms with E-state index in [1.54, 1.807) is 0 Å². The van der Waals surface area contributed by atoms with Crippen LogP contribution in [0.5, 0.6) is 0 Å². The fourth-order valence-corrected chi connectivity index (χ4v) is 3.07. The van der Waals surface area contributed by atoms with Crippen molar-refractivity contribution >= 4 is 16.9 Å². The Labute approximate surface area is 178 Å². The number of hydrogen-bond donors (Lipinski definition) is 1. The molecule has 30 heavy (non-hydrogen) atoms. The van der Waals surface area contributed by atoms with Crippen LogP contribution in [0.1, 0.15) is 61.9 Å². The molecule has 0 fully saturated rings. The van der Waals surface area contributed by atoms with E-state index in [4.69, 9.17) is 13.9 Å². The third-order valence-corrected chi connectivity index (χ3v) is 4.58. The van der Waals surface area contributed by atoms with Gasteiger partial charge in [-0.2, -0.15) is 0 Å². The number of rotatable bonds is 8. The maximum absolute atomic E-state index is 12.9. The van der Waals surface area contributed by atoms with Crippen LogP contribution in [-0.4, -0.2) is 17.6 Å². The number of amides is 1. The maximum Gasteiger partial charge on any atom is 0.287 e. The van der Waals surface area contributed by atoms with Crippen molar-refractivity contribution in [3.8, 4) is 0 Å². The molecule has 0 atom stereocenters. The molecule has 5 nitrogen and oxygen atoms in total. The van der Waals surface area contributed by atoms with Gasteiger partial charge in [0, 0.05) is 17.5 Å². The summed E-state index contributed by atoms with van der Waals surface area (Å²) in [5.74, 6) is 0.0639. The van der Waals surface area contributed by atoms with Gasteiger partial charge in [0.05, 0.1) is 24.9 Å². The Kier molecular flexibility index (Phi) is 6.95. The molecule has 1 heterocycles. The second kappa shape index (κ2) is 9.45. The van der Waals surface area contributed by atoms with Crippen molar-refractivity contribution in [3.05, 3.63) is 71.0 Å². The summed E-state index contributed by atoms with van der Waals surface area (Å²) in [4.78, 5) is 12.9. The minimum Gasteiger partial charge on any atom is -0.451 e. The normalized spacial score (nSPS) is 11.9. The number of furan rings is 1. The van der Waals surface area contributed by atoms with E-state index in [1.165, 1.54) is 0 Å². The van der Waals surface area contributed by atoms with Gasteiger partial charge in [-0.25, -0.2) is 0 Å². The van der Waals surface area contributed by atoms with Crippen LogP contribution in [0.3, 0.4) is 0 Å². The van der Waals surface area contributed by atoms with E-state index in [9.17, 15) is 4.79 Å². The number of ether oxygens (including phenoxy) is 2.